The van der Waals surface area contributed by atoms with Crippen LogP contribution in [0.15, 0.2) is 22.8 Å². The molecule has 0 fully saturated rings. The van der Waals surface area contributed by atoms with Crippen molar-refractivity contribution in [2.45, 2.75) is 58.7 Å². The lowest BCUT2D eigenvalue weighted by Gasteiger charge is -2.19. The second-order valence-electron chi connectivity index (χ2n) is 6.62. The van der Waals surface area contributed by atoms with E-state index < -0.39 is 17.7 Å². The normalized spacial score (nSPS) is 12.2. The van der Waals surface area contributed by atoms with E-state index in [1.165, 1.54) is 6.26 Å². The molecule has 0 radical (unpaired) electrons. The Labute approximate surface area is 147 Å². The summed E-state index contributed by atoms with van der Waals surface area (Å²) >= 11 is 0. The number of nitrogens with one attached hydrogen (secondary N) is 3. The van der Waals surface area contributed by atoms with Gasteiger partial charge in [0.15, 0.2) is 0 Å². The van der Waals surface area contributed by atoms with Crippen molar-refractivity contribution < 1.29 is 23.5 Å². The lowest BCUT2D eigenvalue weighted by molar-refractivity contribution is -0.128. The van der Waals surface area contributed by atoms with Gasteiger partial charge in [0.2, 0.25) is 11.8 Å². The fourth-order valence-electron chi connectivity index (χ4n) is 1.87. The van der Waals surface area contributed by atoms with Crippen LogP contribution in [0.5, 0.6) is 0 Å². The zero-order valence-electron chi connectivity index (χ0n) is 15.2. The van der Waals surface area contributed by atoms with Gasteiger partial charge in [0.25, 0.3) is 0 Å². The quantitative estimate of drug-likeness (QED) is 0.616. The molecule has 0 unspecified atom stereocenters. The number of amides is 3. The first-order chi connectivity index (χ1) is 11.7. The molecule has 0 bridgehead atoms. The summed E-state index contributed by atoms with van der Waals surface area (Å²) in [5, 5.41) is 7.86. The molecule has 0 aromatic carbocycles. The third-order valence-electron chi connectivity index (χ3n) is 3.04. The Morgan fingerprint density at radius 1 is 1.24 bits per heavy atom. The van der Waals surface area contributed by atoms with Crippen LogP contribution >= 0.6 is 0 Å². The molecular formula is C17H27N3O5. The molecule has 3 N–H and O–H groups in total. The maximum absolute atomic E-state index is 11.9. The van der Waals surface area contributed by atoms with Crippen molar-refractivity contribution in [2.75, 3.05) is 6.54 Å². The van der Waals surface area contributed by atoms with Gasteiger partial charge < -0.3 is 25.1 Å². The number of carbonyl (C=O) groups is 3. The minimum atomic E-state index is -0.652. The molecule has 140 valence electrons. The van der Waals surface area contributed by atoms with Gasteiger partial charge in [-0.15, -0.1) is 0 Å². The fraction of sp³-hybridized carbons (Fsp3) is 0.588. The monoisotopic (exact) mass is 353 g/mol. The molecule has 8 nitrogen and oxygen atoms in total. The van der Waals surface area contributed by atoms with Crippen LogP contribution in [0.1, 0.15) is 46.3 Å². The number of furan rings is 1. The molecule has 0 saturated heterocycles. The SMILES string of the molecule is C[C@@H](NC(=O)CCCNC(=O)OC(C)(C)C)C(=O)NCc1ccco1. The van der Waals surface area contributed by atoms with Gasteiger partial charge in [-0.1, -0.05) is 0 Å². The summed E-state index contributed by atoms with van der Waals surface area (Å²) < 4.78 is 10.2. The average molecular weight is 353 g/mol. The molecule has 0 aliphatic heterocycles. The standard InChI is InChI=1S/C17H27N3O5/c1-12(15(22)19-11-13-7-6-10-24-13)20-14(21)8-5-9-18-16(23)25-17(2,3)4/h6-7,10,12H,5,8-9,11H2,1-4H3,(H,18,23)(H,19,22)(H,20,21)/t12-/m1/s1. The number of hydrogen-bond donors (Lipinski definition) is 3. The molecule has 1 rings (SSSR count). The van der Waals surface area contributed by atoms with Crippen molar-refractivity contribution in [2.24, 2.45) is 0 Å². The largest absolute Gasteiger partial charge is 0.467 e. The van der Waals surface area contributed by atoms with Crippen molar-refractivity contribution in [3.63, 3.8) is 0 Å². The van der Waals surface area contributed by atoms with E-state index in [9.17, 15) is 14.4 Å². The van der Waals surface area contributed by atoms with E-state index in [2.05, 4.69) is 16.0 Å². The molecule has 1 aromatic heterocycles. The lowest BCUT2D eigenvalue weighted by atomic mass is 10.2. The molecule has 0 saturated carbocycles. The van der Waals surface area contributed by atoms with Crippen LogP contribution in [0.4, 0.5) is 4.79 Å². The summed E-state index contributed by atoms with van der Waals surface area (Å²) in [6, 6.07) is 2.83. The lowest BCUT2D eigenvalue weighted by Crippen LogP contribution is -2.44. The van der Waals surface area contributed by atoms with Crippen molar-refractivity contribution in [1.82, 2.24) is 16.0 Å². The van der Waals surface area contributed by atoms with Crippen LogP contribution in [-0.4, -0.2) is 36.1 Å². The molecule has 1 aromatic rings. The van der Waals surface area contributed by atoms with Gasteiger partial charge in [-0.3, -0.25) is 9.59 Å². The number of hydrogen-bond acceptors (Lipinski definition) is 5. The number of carbonyl (C=O) groups excluding carboxylic acids is 3. The van der Waals surface area contributed by atoms with E-state index in [4.69, 9.17) is 9.15 Å². The third-order valence-corrected chi connectivity index (χ3v) is 3.04. The number of rotatable bonds is 8. The van der Waals surface area contributed by atoms with E-state index in [1.807, 2.05) is 0 Å². The third kappa shape index (κ3) is 9.39. The van der Waals surface area contributed by atoms with Crippen LogP contribution in [0.2, 0.25) is 0 Å². The van der Waals surface area contributed by atoms with Gasteiger partial charge in [0.05, 0.1) is 12.8 Å². The zero-order valence-corrected chi connectivity index (χ0v) is 15.2. The number of ether oxygens (including phenoxy) is 1. The molecule has 0 aliphatic carbocycles. The van der Waals surface area contributed by atoms with Crippen LogP contribution in [-0.2, 0) is 20.9 Å². The first-order valence-electron chi connectivity index (χ1n) is 8.23. The molecule has 0 aliphatic rings. The van der Waals surface area contributed by atoms with Crippen molar-refractivity contribution in [3.05, 3.63) is 24.2 Å². The van der Waals surface area contributed by atoms with Gasteiger partial charge in [-0.05, 0) is 46.2 Å². The van der Waals surface area contributed by atoms with Crippen molar-refractivity contribution in [3.8, 4) is 0 Å². The second kappa shape index (κ2) is 9.71. The van der Waals surface area contributed by atoms with Gasteiger partial charge >= 0.3 is 6.09 Å². The summed E-state index contributed by atoms with van der Waals surface area (Å²) in [6.45, 7) is 7.52. The highest BCUT2D eigenvalue weighted by Gasteiger charge is 2.17. The van der Waals surface area contributed by atoms with E-state index in [-0.39, 0.29) is 24.8 Å². The molecule has 8 heteroatoms. The minimum absolute atomic E-state index is 0.200. The molecular weight excluding hydrogens is 326 g/mol. The maximum atomic E-state index is 11.9. The fourth-order valence-corrected chi connectivity index (χ4v) is 1.87. The van der Waals surface area contributed by atoms with Crippen molar-refractivity contribution in [1.29, 1.82) is 0 Å². The summed E-state index contributed by atoms with van der Waals surface area (Å²) in [4.78, 5) is 35.1. The molecule has 1 atom stereocenters. The first kappa shape index (κ1) is 20.5. The highest BCUT2D eigenvalue weighted by molar-refractivity contribution is 5.87. The summed E-state index contributed by atoms with van der Waals surface area (Å²) in [5.41, 5.74) is -0.556. The summed E-state index contributed by atoms with van der Waals surface area (Å²) in [5.74, 6) is 0.0864. The Bertz CT molecular complexity index is 563. The van der Waals surface area contributed by atoms with Crippen LogP contribution in [0, 0.1) is 0 Å². The Balaban J connectivity index is 2.16. The molecule has 3 amide bonds. The molecule has 0 spiro atoms. The van der Waals surface area contributed by atoms with Crippen LogP contribution < -0.4 is 16.0 Å². The summed E-state index contributed by atoms with van der Waals surface area (Å²) in [6.07, 6.45) is 1.66. The average Bonchev–Trinajstić information content (AvgIpc) is 3.00. The Morgan fingerprint density at radius 3 is 2.56 bits per heavy atom. The number of alkyl carbamates (subject to hydrolysis) is 1. The second-order valence-corrected chi connectivity index (χ2v) is 6.62. The van der Waals surface area contributed by atoms with E-state index in [0.717, 1.165) is 0 Å². The Kier molecular flexibility index (Phi) is 7.97. The van der Waals surface area contributed by atoms with E-state index in [1.54, 1.807) is 39.8 Å². The maximum Gasteiger partial charge on any atom is 0.407 e. The van der Waals surface area contributed by atoms with Gasteiger partial charge in [-0.25, -0.2) is 4.79 Å². The first-order valence-corrected chi connectivity index (χ1v) is 8.23. The predicted octanol–water partition coefficient (Wildman–Crippen LogP) is 1.71. The Morgan fingerprint density at radius 2 is 1.96 bits per heavy atom. The summed E-state index contributed by atoms with van der Waals surface area (Å²) in [7, 11) is 0. The highest BCUT2D eigenvalue weighted by Crippen LogP contribution is 2.06. The smallest absolute Gasteiger partial charge is 0.407 e. The van der Waals surface area contributed by atoms with E-state index >= 15 is 0 Å². The van der Waals surface area contributed by atoms with Gasteiger partial charge in [0.1, 0.15) is 17.4 Å². The topological polar surface area (TPSA) is 110 Å². The minimum Gasteiger partial charge on any atom is -0.467 e. The van der Waals surface area contributed by atoms with Crippen LogP contribution in [0.25, 0.3) is 0 Å². The molecule has 25 heavy (non-hydrogen) atoms. The predicted molar refractivity (Wildman–Crippen MR) is 91.6 cm³/mol. The van der Waals surface area contributed by atoms with Crippen molar-refractivity contribution >= 4 is 17.9 Å². The van der Waals surface area contributed by atoms with Gasteiger partial charge in [0, 0.05) is 13.0 Å². The van der Waals surface area contributed by atoms with E-state index in [0.29, 0.717) is 18.7 Å². The highest BCUT2D eigenvalue weighted by atomic mass is 16.6. The van der Waals surface area contributed by atoms with Crippen LogP contribution in [0.3, 0.4) is 0 Å². The molecule has 1 heterocycles. The van der Waals surface area contributed by atoms with Gasteiger partial charge in [-0.2, -0.15) is 0 Å². The zero-order chi connectivity index (χ0) is 18.9. The Hall–Kier alpha value is -2.51.